The largest absolute Gasteiger partial charge is 0.343 e. The van der Waals surface area contributed by atoms with Crippen molar-refractivity contribution in [2.75, 3.05) is 19.6 Å². The van der Waals surface area contributed by atoms with Gasteiger partial charge in [0.2, 0.25) is 11.8 Å². The van der Waals surface area contributed by atoms with Crippen molar-refractivity contribution in [2.24, 2.45) is 0 Å². The molecule has 5 nitrogen and oxygen atoms in total. The van der Waals surface area contributed by atoms with E-state index in [2.05, 4.69) is 41.4 Å². The van der Waals surface area contributed by atoms with Crippen LogP contribution in [0.4, 0.5) is 0 Å². The van der Waals surface area contributed by atoms with Gasteiger partial charge in [0.15, 0.2) is 0 Å². The van der Waals surface area contributed by atoms with Crippen LogP contribution in [0.15, 0.2) is 24.3 Å². The van der Waals surface area contributed by atoms with Crippen LogP contribution in [0.2, 0.25) is 0 Å². The highest BCUT2D eigenvalue weighted by molar-refractivity contribution is 5.97. The van der Waals surface area contributed by atoms with Crippen LogP contribution in [0.5, 0.6) is 0 Å². The van der Waals surface area contributed by atoms with Crippen molar-refractivity contribution < 1.29 is 9.59 Å². The van der Waals surface area contributed by atoms with Crippen molar-refractivity contribution in [3.63, 3.8) is 0 Å². The minimum Gasteiger partial charge on any atom is -0.343 e. The number of fused-ring (bicyclic) bond motifs is 1. The summed E-state index contributed by atoms with van der Waals surface area (Å²) in [5.74, 6) is 0.00541. The normalized spacial score (nSPS) is 26.5. The Kier molecular flexibility index (Phi) is 3.68. The van der Waals surface area contributed by atoms with Crippen LogP contribution < -0.4 is 5.32 Å². The molecular weight excluding hydrogens is 266 g/mol. The molecule has 2 aliphatic heterocycles. The molecule has 1 aromatic rings. The summed E-state index contributed by atoms with van der Waals surface area (Å²) in [6.45, 7) is 6.70. The molecule has 0 aliphatic carbocycles. The van der Waals surface area contributed by atoms with Gasteiger partial charge in [-0.3, -0.25) is 14.5 Å². The summed E-state index contributed by atoms with van der Waals surface area (Å²) < 4.78 is 0. The molecular formula is C16H21N3O2. The van der Waals surface area contributed by atoms with Gasteiger partial charge in [-0.05, 0) is 19.4 Å². The monoisotopic (exact) mass is 287 g/mol. The van der Waals surface area contributed by atoms with Crippen LogP contribution in [0.1, 0.15) is 18.1 Å². The molecule has 0 radical (unpaired) electrons. The third-order valence-corrected chi connectivity index (χ3v) is 4.27. The number of nitrogens with one attached hydrogen (secondary N) is 1. The van der Waals surface area contributed by atoms with Gasteiger partial charge in [0.25, 0.3) is 0 Å². The van der Waals surface area contributed by atoms with E-state index in [1.807, 2.05) is 0 Å². The molecule has 0 aromatic heterocycles. The molecule has 5 heteroatoms. The van der Waals surface area contributed by atoms with E-state index in [0.29, 0.717) is 13.1 Å². The summed E-state index contributed by atoms with van der Waals surface area (Å²) in [5.41, 5.74) is 2.49. The highest BCUT2D eigenvalue weighted by Gasteiger charge is 2.41. The van der Waals surface area contributed by atoms with Crippen molar-refractivity contribution in [3.05, 3.63) is 35.4 Å². The van der Waals surface area contributed by atoms with Gasteiger partial charge in [-0.15, -0.1) is 0 Å². The molecule has 0 bridgehead atoms. The van der Waals surface area contributed by atoms with E-state index in [-0.39, 0.29) is 17.9 Å². The Morgan fingerprint density at radius 2 is 2.10 bits per heavy atom. The SMILES string of the molecule is Cc1cccc(CN2CCN3C(=O)[C@@H](C)NC(=O)[C@H]3C2)c1. The third kappa shape index (κ3) is 2.78. The number of rotatable bonds is 2. The fraction of sp³-hybridized carbons (Fsp3) is 0.500. The van der Waals surface area contributed by atoms with Crippen molar-refractivity contribution in [1.82, 2.24) is 15.1 Å². The van der Waals surface area contributed by atoms with Gasteiger partial charge in [-0.25, -0.2) is 0 Å². The maximum atomic E-state index is 12.1. The standard InChI is InChI=1S/C16H21N3O2/c1-11-4-3-5-13(8-11)9-18-6-7-19-14(10-18)15(20)17-12(2)16(19)21/h3-5,8,12,14H,6-7,9-10H2,1-2H3,(H,17,20)/t12-,14-/m1/s1. The molecule has 0 spiro atoms. The molecule has 3 rings (SSSR count). The van der Waals surface area contributed by atoms with Crippen LogP contribution >= 0.6 is 0 Å². The van der Waals surface area contributed by atoms with Gasteiger partial charge in [0.05, 0.1) is 0 Å². The van der Waals surface area contributed by atoms with Crippen LogP contribution in [0.25, 0.3) is 0 Å². The zero-order valence-corrected chi connectivity index (χ0v) is 12.5. The Morgan fingerprint density at radius 3 is 2.86 bits per heavy atom. The van der Waals surface area contributed by atoms with E-state index in [1.54, 1.807) is 11.8 Å². The molecule has 2 saturated heterocycles. The molecule has 2 heterocycles. The fourth-order valence-corrected chi connectivity index (χ4v) is 3.16. The summed E-state index contributed by atoms with van der Waals surface area (Å²) in [6, 6.07) is 7.67. The Balaban J connectivity index is 1.69. The average molecular weight is 287 g/mol. The molecule has 1 N–H and O–H groups in total. The predicted molar refractivity (Wildman–Crippen MR) is 79.6 cm³/mol. The first-order valence-electron chi connectivity index (χ1n) is 7.43. The minimum atomic E-state index is -0.392. The quantitative estimate of drug-likeness (QED) is 0.863. The molecule has 0 saturated carbocycles. The lowest BCUT2D eigenvalue weighted by atomic mass is 10.0. The van der Waals surface area contributed by atoms with E-state index in [9.17, 15) is 9.59 Å². The van der Waals surface area contributed by atoms with Gasteiger partial charge in [-0.1, -0.05) is 29.8 Å². The average Bonchev–Trinajstić information content (AvgIpc) is 2.45. The summed E-state index contributed by atoms with van der Waals surface area (Å²) in [4.78, 5) is 28.2. The maximum absolute atomic E-state index is 12.1. The van der Waals surface area contributed by atoms with Gasteiger partial charge in [0, 0.05) is 26.2 Å². The third-order valence-electron chi connectivity index (χ3n) is 4.27. The van der Waals surface area contributed by atoms with Gasteiger partial charge >= 0.3 is 0 Å². The first kappa shape index (κ1) is 14.1. The van der Waals surface area contributed by atoms with E-state index >= 15 is 0 Å². The second-order valence-corrected chi connectivity index (χ2v) is 6.00. The highest BCUT2D eigenvalue weighted by atomic mass is 16.2. The number of aryl methyl sites for hydroxylation is 1. The number of piperazine rings is 2. The molecule has 0 unspecified atom stereocenters. The van der Waals surface area contributed by atoms with E-state index in [0.717, 1.165) is 13.1 Å². The van der Waals surface area contributed by atoms with Crippen molar-refractivity contribution in [2.45, 2.75) is 32.5 Å². The first-order chi connectivity index (χ1) is 10.0. The van der Waals surface area contributed by atoms with Crippen LogP contribution in [-0.2, 0) is 16.1 Å². The van der Waals surface area contributed by atoms with Gasteiger partial charge < -0.3 is 10.2 Å². The summed E-state index contributed by atoms with van der Waals surface area (Å²) >= 11 is 0. The van der Waals surface area contributed by atoms with Crippen molar-refractivity contribution in [3.8, 4) is 0 Å². The zero-order chi connectivity index (χ0) is 15.0. The molecule has 2 amide bonds. The molecule has 2 fully saturated rings. The Hall–Kier alpha value is -1.88. The van der Waals surface area contributed by atoms with Crippen molar-refractivity contribution >= 4 is 11.8 Å². The second-order valence-electron chi connectivity index (χ2n) is 6.00. The molecule has 2 aliphatic rings. The lowest BCUT2D eigenvalue weighted by Crippen LogP contribution is -2.68. The Bertz CT molecular complexity index is 572. The second kappa shape index (κ2) is 5.48. The number of hydrogen-bond donors (Lipinski definition) is 1. The molecule has 1 aromatic carbocycles. The lowest BCUT2D eigenvalue weighted by molar-refractivity contribution is -0.152. The number of benzene rings is 1. The predicted octanol–water partition coefficient (Wildman–Crippen LogP) is 0.526. The molecule has 112 valence electrons. The molecule has 21 heavy (non-hydrogen) atoms. The highest BCUT2D eigenvalue weighted by Crippen LogP contribution is 2.18. The summed E-state index contributed by atoms with van der Waals surface area (Å²) in [6.07, 6.45) is 0. The number of carbonyl (C=O) groups excluding carboxylic acids is 2. The zero-order valence-electron chi connectivity index (χ0n) is 12.5. The number of hydrogen-bond acceptors (Lipinski definition) is 3. The number of carbonyl (C=O) groups is 2. The lowest BCUT2D eigenvalue weighted by Gasteiger charge is -2.44. The molecule has 2 atom stereocenters. The summed E-state index contributed by atoms with van der Waals surface area (Å²) in [7, 11) is 0. The van der Waals surface area contributed by atoms with E-state index < -0.39 is 6.04 Å². The van der Waals surface area contributed by atoms with Crippen LogP contribution in [0.3, 0.4) is 0 Å². The summed E-state index contributed by atoms with van der Waals surface area (Å²) in [5, 5.41) is 2.76. The van der Waals surface area contributed by atoms with E-state index in [4.69, 9.17) is 0 Å². The fourth-order valence-electron chi connectivity index (χ4n) is 3.16. The maximum Gasteiger partial charge on any atom is 0.245 e. The Labute approximate surface area is 124 Å². The first-order valence-corrected chi connectivity index (χ1v) is 7.43. The number of nitrogens with zero attached hydrogens (tertiary/aromatic N) is 2. The van der Waals surface area contributed by atoms with Crippen LogP contribution in [-0.4, -0.2) is 53.3 Å². The van der Waals surface area contributed by atoms with Gasteiger partial charge in [0.1, 0.15) is 12.1 Å². The smallest absolute Gasteiger partial charge is 0.245 e. The Morgan fingerprint density at radius 1 is 1.29 bits per heavy atom. The topological polar surface area (TPSA) is 52.6 Å². The van der Waals surface area contributed by atoms with E-state index in [1.165, 1.54) is 11.1 Å². The van der Waals surface area contributed by atoms with Crippen molar-refractivity contribution in [1.29, 1.82) is 0 Å². The van der Waals surface area contributed by atoms with Gasteiger partial charge in [-0.2, -0.15) is 0 Å². The number of amides is 2. The van der Waals surface area contributed by atoms with Crippen LogP contribution in [0, 0.1) is 6.92 Å². The minimum absolute atomic E-state index is 0.0314.